The molecule has 4 fully saturated rings. The van der Waals surface area contributed by atoms with Crippen LogP contribution >= 0.6 is 11.6 Å². The first-order valence-corrected chi connectivity index (χ1v) is 10.5. The van der Waals surface area contributed by atoms with Gasteiger partial charge in [0.05, 0.1) is 34.8 Å². The number of hydrogen-bond donors (Lipinski definition) is 1. The quantitative estimate of drug-likeness (QED) is 0.622. The van der Waals surface area contributed by atoms with Crippen LogP contribution in [0.25, 0.3) is 5.69 Å². The van der Waals surface area contributed by atoms with E-state index in [2.05, 4.69) is 20.4 Å². The van der Waals surface area contributed by atoms with Crippen molar-refractivity contribution >= 4 is 17.5 Å². The largest absolute Gasteiger partial charge is 0.522 e. The van der Waals surface area contributed by atoms with Gasteiger partial charge in [-0.1, -0.05) is 16.8 Å². The first-order chi connectivity index (χ1) is 15.0. The molecule has 2 bridgehead atoms. The molecule has 4 aliphatic rings. The second-order valence-corrected chi connectivity index (χ2v) is 9.28. The number of alkyl halides is 3. The Bertz CT molecular complexity index is 1030. The maximum Gasteiger partial charge on any atom is 0.522 e. The lowest BCUT2D eigenvalue weighted by Gasteiger charge is -2.69. The summed E-state index contributed by atoms with van der Waals surface area (Å²) in [6, 6.07) is 4.38. The number of aromatic nitrogens is 3. The number of nitrogens with one attached hydrogen (secondary N) is 1. The van der Waals surface area contributed by atoms with Crippen LogP contribution in [0.4, 0.5) is 17.6 Å². The van der Waals surface area contributed by atoms with E-state index in [0.29, 0.717) is 24.9 Å². The standard InChI is InChI=1S/C20H19ClF4N4O3/c21-14-2-1-11(3-15(14)22)29-6-16(27-28-29)18-8-19(9-18,10-18)26-17(30)7-31-12-4-13(5-12)32-20(23,24)25/h1-3,6,12-13H,4-5,7-10H2,(H,26,30). The van der Waals surface area contributed by atoms with Gasteiger partial charge in [-0.05, 0) is 31.4 Å². The second-order valence-electron chi connectivity index (χ2n) is 8.88. The highest BCUT2D eigenvalue weighted by Gasteiger charge is 2.70. The summed E-state index contributed by atoms with van der Waals surface area (Å²) in [7, 11) is 0. The van der Waals surface area contributed by atoms with E-state index in [4.69, 9.17) is 16.3 Å². The molecule has 1 aromatic heterocycles. The van der Waals surface area contributed by atoms with Gasteiger partial charge >= 0.3 is 6.36 Å². The van der Waals surface area contributed by atoms with Gasteiger partial charge in [-0.15, -0.1) is 18.3 Å². The summed E-state index contributed by atoms with van der Waals surface area (Å²) in [5.41, 5.74) is 0.827. The molecule has 1 N–H and O–H groups in total. The Labute approximate surface area is 185 Å². The van der Waals surface area contributed by atoms with Crippen molar-refractivity contribution in [3.8, 4) is 5.69 Å². The summed E-state index contributed by atoms with van der Waals surface area (Å²) in [6.45, 7) is -0.198. The molecule has 0 aliphatic heterocycles. The first kappa shape index (κ1) is 21.6. The third kappa shape index (κ3) is 3.97. The summed E-state index contributed by atoms with van der Waals surface area (Å²) >= 11 is 5.71. The number of halogens is 5. The van der Waals surface area contributed by atoms with Gasteiger partial charge in [-0.2, -0.15) is 0 Å². The van der Waals surface area contributed by atoms with E-state index < -0.39 is 24.4 Å². The highest BCUT2D eigenvalue weighted by atomic mass is 35.5. The minimum Gasteiger partial charge on any atom is -0.368 e. The fourth-order valence-corrected chi connectivity index (χ4v) is 5.03. The van der Waals surface area contributed by atoms with Crippen molar-refractivity contribution in [2.75, 3.05) is 6.61 Å². The van der Waals surface area contributed by atoms with Crippen LogP contribution in [-0.4, -0.2) is 51.6 Å². The minimum absolute atomic E-state index is 0.0296. The van der Waals surface area contributed by atoms with Gasteiger partial charge in [0.1, 0.15) is 12.4 Å². The van der Waals surface area contributed by atoms with Gasteiger partial charge in [0.25, 0.3) is 0 Å². The lowest BCUT2D eigenvalue weighted by atomic mass is 9.38. The molecule has 7 nitrogen and oxygen atoms in total. The summed E-state index contributed by atoms with van der Waals surface area (Å²) in [5.74, 6) is -0.834. The van der Waals surface area contributed by atoms with Gasteiger partial charge in [-0.25, -0.2) is 9.07 Å². The van der Waals surface area contributed by atoms with Crippen LogP contribution < -0.4 is 5.32 Å². The molecule has 12 heteroatoms. The topological polar surface area (TPSA) is 78.3 Å². The number of nitrogens with zero attached hydrogens (tertiary/aromatic N) is 3. The van der Waals surface area contributed by atoms with E-state index in [1.807, 2.05) is 0 Å². The molecule has 1 heterocycles. The molecule has 0 saturated heterocycles. The zero-order chi connectivity index (χ0) is 22.7. The number of carbonyl (C=O) groups is 1. The average Bonchev–Trinajstić information content (AvgIpc) is 3.10. The number of amides is 1. The minimum atomic E-state index is -4.65. The lowest BCUT2D eigenvalue weighted by molar-refractivity contribution is -0.357. The molecule has 4 saturated carbocycles. The van der Waals surface area contributed by atoms with Crippen molar-refractivity contribution in [1.29, 1.82) is 0 Å². The molecule has 0 unspecified atom stereocenters. The Morgan fingerprint density at radius 1 is 1.25 bits per heavy atom. The van der Waals surface area contributed by atoms with Crippen LogP contribution in [0.15, 0.2) is 24.4 Å². The Morgan fingerprint density at radius 3 is 2.62 bits per heavy atom. The first-order valence-electron chi connectivity index (χ1n) is 10.1. The molecule has 6 rings (SSSR count). The number of rotatable bonds is 7. The van der Waals surface area contributed by atoms with Crippen LogP contribution in [0.1, 0.15) is 37.8 Å². The molecule has 0 atom stereocenters. The SMILES string of the molecule is O=C(COC1CC(OC(F)(F)F)C1)NC12CC(c3cn(-c4ccc(Cl)c(F)c4)nn3)(C1)C2. The average molecular weight is 475 g/mol. The molecule has 32 heavy (non-hydrogen) atoms. The Hall–Kier alpha value is -2.24. The Morgan fingerprint density at radius 2 is 1.97 bits per heavy atom. The Balaban J connectivity index is 1.08. The smallest absolute Gasteiger partial charge is 0.368 e. The molecule has 0 radical (unpaired) electrons. The summed E-state index contributed by atoms with van der Waals surface area (Å²) in [6.07, 6.45) is -1.82. The van der Waals surface area contributed by atoms with Crippen molar-refractivity contribution in [1.82, 2.24) is 20.3 Å². The maximum atomic E-state index is 13.7. The van der Waals surface area contributed by atoms with Gasteiger partial charge in [0.2, 0.25) is 5.91 Å². The number of hydrogen-bond acceptors (Lipinski definition) is 5. The van der Waals surface area contributed by atoms with Crippen molar-refractivity contribution in [2.24, 2.45) is 0 Å². The van der Waals surface area contributed by atoms with Gasteiger partial charge in [0.15, 0.2) is 0 Å². The fourth-order valence-electron chi connectivity index (χ4n) is 4.92. The molecule has 4 aliphatic carbocycles. The molecular weight excluding hydrogens is 456 g/mol. The lowest BCUT2D eigenvalue weighted by Crippen LogP contribution is -2.77. The zero-order valence-electron chi connectivity index (χ0n) is 16.7. The third-order valence-electron chi connectivity index (χ3n) is 6.44. The molecule has 2 aromatic rings. The van der Waals surface area contributed by atoms with E-state index in [1.165, 1.54) is 16.8 Å². The highest BCUT2D eigenvalue weighted by molar-refractivity contribution is 6.30. The zero-order valence-corrected chi connectivity index (χ0v) is 17.4. The molecule has 1 aromatic carbocycles. The van der Waals surface area contributed by atoms with Gasteiger partial charge < -0.3 is 10.1 Å². The summed E-state index contributed by atoms with van der Waals surface area (Å²) in [5, 5.41) is 11.3. The van der Waals surface area contributed by atoms with Crippen LogP contribution in [0.5, 0.6) is 0 Å². The fraction of sp³-hybridized carbons (Fsp3) is 0.550. The van der Waals surface area contributed by atoms with Crippen LogP contribution in [-0.2, 0) is 19.7 Å². The monoisotopic (exact) mass is 474 g/mol. The molecule has 0 spiro atoms. The second kappa shape index (κ2) is 7.39. The summed E-state index contributed by atoms with van der Waals surface area (Å²) < 4.78 is 60.8. The normalized spacial score (nSPS) is 30.8. The van der Waals surface area contributed by atoms with E-state index in [-0.39, 0.29) is 41.3 Å². The van der Waals surface area contributed by atoms with Gasteiger partial charge in [0, 0.05) is 29.9 Å². The predicted octanol–water partition coefficient (Wildman–Crippen LogP) is 3.43. The van der Waals surface area contributed by atoms with Crippen LogP contribution in [0.2, 0.25) is 5.02 Å². The van der Waals surface area contributed by atoms with Crippen molar-refractivity contribution < 1.29 is 31.8 Å². The maximum absolute atomic E-state index is 13.7. The number of ether oxygens (including phenoxy) is 2. The van der Waals surface area contributed by atoms with E-state index in [0.717, 1.165) is 5.69 Å². The van der Waals surface area contributed by atoms with Crippen LogP contribution in [0, 0.1) is 5.82 Å². The van der Waals surface area contributed by atoms with Crippen molar-refractivity contribution in [3.63, 3.8) is 0 Å². The highest BCUT2D eigenvalue weighted by Crippen LogP contribution is 2.67. The summed E-state index contributed by atoms with van der Waals surface area (Å²) in [4.78, 5) is 12.2. The Kier molecular flexibility index (Phi) is 4.99. The van der Waals surface area contributed by atoms with Crippen molar-refractivity contribution in [2.45, 2.75) is 61.6 Å². The molecular formula is C20H19ClF4N4O3. The van der Waals surface area contributed by atoms with E-state index >= 15 is 0 Å². The van der Waals surface area contributed by atoms with E-state index in [1.54, 1.807) is 12.3 Å². The molecule has 1 amide bonds. The van der Waals surface area contributed by atoms with Crippen LogP contribution in [0.3, 0.4) is 0 Å². The van der Waals surface area contributed by atoms with E-state index in [9.17, 15) is 22.4 Å². The van der Waals surface area contributed by atoms with Gasteiger partial charge in [-0.3, -0.25) is 9.53 Å². The predicted molar refractivity (Wildman–Crippen MR) is 103 cm³/mol. The molecule has 172 valence electrons. The number of benzene rings is 1. The van der Waals surface area contributed by atoms with Crippen molar-refractivity contribution in [3.05, 3.63) is 40.9 Å². The third-order valence-corrected chi connectivity index (χ3v) is 6.75. The number of carbonyl (C=O) groups excluding carboxylic acids is 1.